The van der Waals surface area contributed by atoms with E-state index in [-0.39, 0.29) is 12.1 Å². The van der Waals surface area contributed by atoms with Crippen LogP contribution in [0.15, 0.2) is 11.4 Å². The van der Waals surface area contributed by atoms with E-state index in [9.17, 15) is 18.0 Å². The van der Waals surface area contributed by atoms with Crippen LogP contribution in [0.5, 0.6) is 0 Å². The molecule has 1 aromatic heterocycles. The van der Waals surface area contributed by atoms with Crippen molar-refractivity contribution in [3.8, 4) is 11.8 Å². The zero-order valence-corrected chi connectivity index (χ0v) is 9.13. The monoisotopic (exact) mass is 247 g/mol. The Kier molecular flexibility index (Phi) is 3.96. The lowest BCUT2D eigenvalue weighted by Gasteiger charge is -2.07. The van der Waals surface area contributed by atoms with Crippen LogP contribution in [0.4, 0.5) is 13.2 Å². The first kappa shape index (κ1) is 12.6. The van der Waals surface area contributed by atoms with Gasteiger partial charge in [-0.05, 0) is 29.9 Å². The maximum absolute atomic E-state index is 12.4. The molecule has 0 aliphatic rings. The molecule has 1 N–H and O–H groups in total. The summed E-state index contributed by atoms with van der Waals surface area (Å²) in [6, 6.07) is 1.34. The Hall–Kier alpha value is -1.48. The Morgan fingerprint density at radius 2 is 2.25 bits per heavy atom. The second-order valence-corrected chi connectivity index (χ2v) is 3.75. The molecular weight excluding hydrogens is 239 g/mol. The van der Waals surface area contributed by atoms with Crippen LogP contribution >= 0.6 is 11.3 Å². The second kappa shape index (κ2) is 5.03. The molecule has 0 unspecified atom stereocenters. The van der Waals surface area contributed by atoms with Gasteiger partial charge >= 0.3 is 6.18 Å². The van der Waals surface area contributed by atoms with Crippen molar-refractivity contribution in [3.63, 3.8) is 0 Å². The highest BCUT2D eigenvalue weighted by Gasteiger charge is 2.34. The third kappa shape index (κ3) is 3.28. The van der Waals surface area contributed by atoms with Gasteiger partial charge in [0, 0.05) is 6.54 Å². The van der Waals surface area contributed by atoms with E-state index in [0.29, 0.717) is 11.3 Å². The molecule has 0 aliphatic heterocycles. The molecule has 1 aromatic rings. The zero-order valence-electron chi connectivity index (χ0n) is 8.31. The number of hydrogen-bond acceptors (Lipinski definition) is 2. The second-order valence-electron chi connectivity index (χ2n) is 2.83. The molecule has 0 aromatic carbocycles. The number of rotatable bonds is 2. The molecule has 0 fully saturated rings. The van der Waals surface area contributed by atoms with E-state index in [4.69, 9.17) is 0 Å². The fourth-order valence-electron chi connectivity index (χ4n) is 1.06. The van der Waals surface area contributed by atoms with Gasteiger partial charge in [0.2, 0.25) is 0 Å². The average molecular weight is 247 g/mol. The smallest absolute Gasteiger partial charge is 0.341 e. The first-order valence-corrected chi connectivity index (χ1v) is 5.17. The van der Waals surface area contributed by atoms with Gasteiger partial charge in [0.05, 0.1) is 0 Å². The molecule has 2 nitrogen and oxygen atoms in total. The maximum Gasteiger partial charge on any atom is 0.425 e. The summed E-state index contributed by atoms with van der Waals surface area (Å²) in [4.78, 5) is 10.3. The molecule has 0 atom stereocenters. The summed E-state index contributed by atoms with van der Waals surface area (Å²) in [6.45, 7) is 1.32. The minimum absolute atomic E-state index is 0.0590. The van der Waals surface area contributed by atoms with Crippen LogP contribution < -0.4 is 5.32 Å². The van der Waals surface area contributed by atoms with Crippen molar-refractivity contribution in [1.82, 2.24) is 5.32 Å². The lowest BCUT2D eigenvalue weighted by atomic mass is 10.2. The van der Waals surface area contributed by atoms with Crippen molar-refractivity contribution in [2.75, 3.05) is 0 Å². The lowest BCUT2D eigenvalue weighted by molar-refractivity contribution is -0.135. The number of hydrogen-bond donors (Lipinski definition) is 1. The van der Waals surface area contributed by atoms with E-state index in [1.807, 2.05) is 0 Å². The first-order chi connectivity index (χ1) is 7.45. The van der Waals surface area contributed by atoms with E-state index in [1.54, 1.807) is 0 Å². The lowest BCUT2D eigenvalue weighted by Crippen LogP contribution is -2.22. The van der Waals surface area contributed by atoms with Gasteiger partial charge in [-0.15, -0.1) is 11.3 Å². The molecule has 1 heterocycles. The highest BCUT2D eigenvalue weighted by Crippen LogP contribution is 2.35. The number of alkyl halides is 3. The Morgan fingerprint density at radius 3 is 2.81 bits per heavy atom. The van der Waals surface area contributed by atoms with Crippen LogP contribution in [0.25, 0.3) is 0 Å². The minimum atomic E-state index is -4.37. The standard InChI is InChI=1S/C10H8F3NOS/c1-2-3-8(15)14-6-7-4-5-16-9(7)10(11,12)13/h4-5H,6H2,1H3,(H,14,15). The van der Waals surface area contributed by atoms with Crippen LogP contribution in [0.3, 0.4) is 0 Å². The molecule has 0 bridgehead atoms. The Labute approximate surface area is 94.5 Å². The van der Waals surface area contributed by atoms with Gasteiger partial charge in [0.15, 0.2) is 0 Å². The summed E-state index contributed by atoms with van der Waals surface area (Å²) in [5.41, 5.74) is 0.0590. The normalized spacial score (nSPS) is 10.5. The number of nitrogens with one attached hydrogen (secondary N) is 1. The SMILES string of the molecule is CC#CC(=O)NCc1ccsc1C(F)(F)F. The molecule has 16 heavy (non-hydrogen) atoms. The minimum Gasteiger partial charge on any atom is -0.341 e. The van der Waals surface area contributed by atoms with E-state index >= 15 is 0 Å². The Morgan fingerprint density at radius 1 is 1.56 bits per heavy atom. The highest BCUT2D eigenvalue weighted by atomic mass is 32.1. The van der Waals surface area contributed by atoms with Gasteiger partial charge in [-0.1, -0.05) is 5.92 Å². The molecule has 86 valence electrons. The van der Waals surface area contributed by atoms with E-state index in [1.165, 1.54) is 18.4 Å². The Bertz CT molecular complexity index is 439. The van der Waals surface area contributed by atoms with E-state index < -0.39 is 17.0 Å². The Balaban J connectivity index is 2.71. The number of halogens is 3. The van der Waals surface area contributed by atoms with Gasteiger partial charge in [-0.2, -0.15) is 13.2 Å². The number of amides is 1. The highest BCUT2D eigenvalue weighted by molar-refractivity contribution is 7.10. The van der Waals surface area contributed by atoms with Crippen molar-refractivity contribution in [2.45, 2.75) is 19.6 Å². The molecular formula is C10H8F3NOS. The van der Waals surface area contributed by atoms with E-state index in [0.717, 1.165) is 0 Å². The van der Waals surface area contributed by atoms with Gasteiger partial charge in [-0.3, -0.25) is 4.79 Å². The van der Waals surface area contributed by atoms with E-state index in [2.05, 4.69) is 17.2 Å². The summed E-state index contributed by atoms with van der Waals surface area (Å²) in [7, 11) is 0. The molecule has 6 heteroatoms. The van der Waals surface area contributed by atoms with Crippen molar-refractivity contribution in [3.05, 3.63) is 21.9 Å². The summed E-state index contributed by atoms with van der Waals surface area (Å²) in [5.74, 6) is 3.97. The molecule has 1 amide bonds. The predicted molar refractivity (Wildman–Crippen MR) is 54.6 cm³/mol. The van der Waals surface area contributed by atoms with Gasteiger partial charge in [0.25, 0.3) is 5.91 Å². The number of carbonyl (C=O) groups is 1. The first-order valence-electron chi connectivity index (χ1n) is 4.29. The summed E-state index contributed by atoms with van der Waals surface area (Å²) >= 11 is 0.609. The number of carbonyl (C=O) groups excluding carboxylic acids is 1. The molecule has 0 spiro atoms. The van der Waals surface area contributed by atoms with Gasteiger partial charge in [0.1, 0.15) is 4.88 Å². The van der Waals surface area contributed by atoms with Gasteiger partial charge in [-0.25, -0.2) is 0 Å². The van der Waals surface area contributed by atoms with Crippen LogP contribution in [-0.2, 0) is 17.5 Å². The third-order valence-electron chi connectivity index (χ3n) is 1.68. The van der Waals surface area contributed by atoms with Crippen molar-refractivity contribution >= 4 is 17.2 Å². The summed E-state index contributed by atoms with van der Waals surface area (Å²) in [6.07, 6.45) is -4.37. The largest absolute Gasteiger partial charge is 0.425 e. The third-order valence-corrected chi connectivity index (χ3v) is 2.68. The molecule has 0 radical (unpaired) electrons. The van der Waals surface area contributed by atoms with Crippen molar-refractivity contribution in [1.29, 1.82) is 0 Å². The number of thiophene rings is 1. The fourth-order valence-corrected chi connectivity index (χ4v) is 1.85. The molecule has 1 rings (SSSR count). The van der Waals surface area contributed by atoms with Crippen LogP contribution in [0.2, 0.25) is 0 Å². The molecule has 0 saturated carbocycles. The van der Waals surface area contributed by atoms with Crippen LogP contribution in [-0.4, -0.2) is 5.91 Å². The maximum atomic E-state index is 12.4. The fraction of sp³-hybridized carbons (Fsp3) is 0.300. The van der Waals surface area contributed by atoms with Crippen molar-refractivity contribution in [2.24, 2.45) is 0 Å². The summed E-state index contributed by atoms with van der Waals surface area (Å²) < 4.78 is 37.3. The van der Waals surface area contributed by atoms with Crippen molar-refractivity contribution < 1.29 is 18.0 Å². The predicted octanol–water partition coefficient (Wildman–Crippen LogP) is 2.41. The van der Waals surface area contributed by atoms with Crippen LogP contribution in [0, 0.1) is 11.8 Å². The van der Waals surface area contributed by atoms with Gasteiger partial charge < -0.3 is 5.32 Å². The summed E-state index contributed by atoms with van der Waals surface area (Å²) in [5, 5.41) is 3.64. The molecule has 0 saturated heterocycles. The molecule has 0 aliphatic carbocycles. The van der Waals surface area contributed by atoms with Crippen LogP contribution in [0.1, 0.15) is 17.4 Å². The average Bonchev–Trinajstić information content (AvgIpc) is 2.62. The zero-order chi connectivity index (χ0) is 12.2. The quantitative estimate of drug-likeness (QED) is 0.799. The topological polar surface area (TPSA) is 29.1 Å².